The van der Waals surface area contributed by atoms with Crippen LogP contribution in [0.1, 0.15) is 23.6 Å². The normalized spacial score (nSPS) is 18.1. The van der Waals surface area contributed by atoms with Gasteiger partial charge in [-0.1, -0.05) is 0 Å². The lowest BCUT2D eigenvalue weighted by atomic mass is 10.1. The molecule has 1 saturated heterocycles. The zero-order chi connectivity index (χ0) is 15.0. The second-order valence-corrected chi connectivity index (χ2v) is 5.20. The summed E-state index contributed by atoms with van der Waals surface area (Å²) in [4.78, 5) is 28.1. The molecule has 1 fully saturated rings. The minimum atomic E-state index is -0.386. The van der Waals surface area contributed by atoms with Gasteiger partial charge in [0.1, 0.15) is 0 Å². The van der Waals surface area contributed by atoms with Crippen LogP contribution in [0.4, 0.5) is 11.5 Å². The van der Waals surface area contributed by atoms with Crippen molar-refractivity contribution in [3.63, 3.8) is 0 Å². The molecule has 8 heteroatoms. The van der Waals surface area contributed by atoms with E-state index in [1.54, 1.807) is 19.2 Å². The van der Waals surface area contributed by atoms with Gasteiger partial charge in [-0.15, -0.1) is 0 Å². The summed E-state index contributed by atoms with van der Waals surface area (Å²) in [6.45, 7) is 2.99. The van der Waals surface area contributed by atoms with E-state index in [2.05, 4.69) is 15.2 Å². The number of hydrogen-bond donors (Lipinski definition) is 2. The summed E-state index contributed by atoms with van der Waals surface area (Å²) in [6.07, 6.45) is 2.41. The van der Waals surface area contributed by atoms with Gasteiger partial charge in [0.25, 0.3) is 5.56 Å². The predicted molar refractivity (Wildman–Crippen MR) is 76.6 cm³/mol. The minimum absolute atomic E-state index is 0.0562. The standard InChI is InChI=1S/C13H15N5O3/c1-8-2-4-14-13(12(8)18(20)21)17-5-3-9(7-17)10-6-11(19)16-15-10/h2,4,6,9H,3,5,7H2,1H3,(H2,15,16,19)/t9-/m0/s1. The maximum absolute atomic E-state index is 11.2. The molecule has 0 amide bonds. The SMILES string of the molecule is Cc1ccnc(N2CC[C@H](c3cc(=O)[nH][nH]3)C2)c1[N+](=O)[O-]. The van der Waals surface area contributed by atoms with Crippen molar-refractivity contribution in [2.45, 2.75) is 19.3 Å². The second kappa shape index (κ2) is 5.04. The van der Waals surface area contributed by atoms with E-state index in [9.17, 15) is 14.9 Å². The molecule has 2 aromatic heterocycles. The summed E-state index contributed by atoms with van der Waals surface area (Å²) in [6, 6.07) is 3.17. The number of H-pyrrole nitrogens is 2. The van der Waals surface area contributed by atoms with Crippen molar-refractivity contribution in [3.8, 4) is 0 Å². The first kappa shape index (κ1) is 13.3. The molecule has 0 saturated carbocycles. The Bertz CT molecular complexity index is 735. The molecule has 3 heterocycles. The van der Waals surface area contributed by atoms with E-state index in [4.69, 9.17) is 0 Å². The number of aryl methyl sites for hydroxylation is 1. The van der Waals surface area contributed by atoms with Crippen LogP contribution in [0.3, 0.4) is 0 Å². The topological polar surface area (TPSA) is 108 Å². The van der Waals surface area contributed by atoms with Crippen LogP contribution < -0.4 is 10.5 Å². The molecule has 1 aliphatic heterocycles. The van der Waals surface area contributed by atoms with Crippen LogP contribution in [-0.4, -0.2) is 33.2 Å². The van der Waals surface area contributed by atoms with Crippen molar-refractivity contribution in [2.24, 2.45) is 0 Å². The van der Waals surface area contributed by atoms with E-state index in [1.165, 1.54) is 6.07 Å². The summed E-state index contributed by atoms with van der Waals surface area (Å²) in [5.74, 6) is 0.547. The Balaban J connectivity index is 1.88. The van der Waals surface area contributed by atoms with Crippen molar-refractivity contribution in [1.82, 2.24) is 15.2 Å². The van der Waals surface area contributed by atoms with Gasteiger partial charge in [-0.25, -0.2) is 4.98 Å². The molecule has 21 heavy (non-hydrogen) atoms. The smallest absolute Gasteiger partial charge is 0.314 e. The lowest BCUT2D eigenvalue weighted by molar-refractivity contribution is -0.384. The summed E-state index contributed by atoms with van der Waals surface area (Å²) in [5.41, 5.74) is 1.32. The van der Waals surface area contributed by atoms with Crippen LogP contribution in [0, 0.1) is 17.0 Å². The summed E-state index contributed by atoms with van der Waals surface area (Å²) in [7, 11) is 0. The molecule has 0 aliphatic carbocycles. The van der Waals surface area contributed by atoms with Gasteiger partial charge in [0.15, 0.2) is 0 Å². The van der Waals surface area contributed by atoms with Crippen molar-refractivity contribution in [2.75, 3.05) is 18.0 Å². The number of nitrogens with zero attached hydrogens (tertiary/aromatic N) is 3. The predicted octanol–water partition coefficient (Wildman–Crippen LogP) is 1.31. The molecule has 0 spiro atoms. The van der Waals surface area contributed by atoms with E-state index in [1.807, 2.05) is 4.90 Å². The highest BCUT2D eigenvalue weighted by Crippen LogP contribution is 2.34. The fourth-order valence-corrected chi connectivity index (χ4v) is 2.77. The summed E-state index contributed by atoms with van der Waals surface area (Å²) >= 11 is 0. The summed E-state index contributed by atoms with van der Waals surface area (Å²) in [5, 5.41) is 16.6. The van der Waals surface area contributed by atoms with Crippen molar-refractivity contribution in [3.05, 3.63) is 50.1 Å². The van der Waals surface area contributed by atoms with E-state index in [-0.39, 0.29) is 22.1 Å². The number of pyridine rings is 1. The lowest BCUT2D eigenvalue weighted by Gasteiger charge is -2.17. The molecular weight excluding hydrogens is 274 g/mol. The highest BCUT2D eigenvalue weighted by molar-refractivity contribution is 5.62. The van der Waals surface area contributed by atoms with Crippen LogP contribution in [0.5, 0.6) is 0 Å². The summed E-state index contributed by atoms with van der Waals surface area (Å²) < 4.78 is 0. The average molecular weight is 289 g/mol. The van der Waals surface area contributed by atoms with E-state index >= 15 is 0 Å². The quantitative estimate of drug-likeness (QED) is 0.654. The van der Waals surface area contributed by atoms with Crippen LogP contribution in [-0.2, 0) is 0 Å². The molecule has 8 nitrogen and oxygen atoms in total. The highest BCUT2D eigenvalue weighted by Gasteiger charge is 2.31. The van der Waals surface area contributed by atoms with Gasteiger partial charge in [-0.05, 0) is 19.4 Å². The third-order valence-electron chi connectivity index (χ3n) is 3.83. The zero-order valence-corrected chi connectivity index (χ0v) is 11.5. The first-order valence-corrected chi connectivity index (χ1v) is 6.69. The van der Waals surface area contributed by atoms with Gasteiger partial charge < -0.3 is 10.00 Å². The fraction of sp³-hybridized carbons (Fsp3) is 0.385. The largest absolute Gasteiger partial charge is 0.350 e. The molecule has 2 aromatic rings. The number of anilines is 1. The van der Waals surface area contributed by atoms with Crippen LogP contribution in [0.25, 0.3) is 0 Å². The molecule has 0 bridgehead atoms. The molecule has 0 aromatic carbocycles. The Morgan fingerprint density at radius 2 is 2.29 bits per heavy atom. The van der Waals surface area contributed by atoms with Crippen molar-refractivity contribution in [1.29, 1.82) is 0 Å². The number of hydrogen-bond acceptors (Lipinski definition) is 5. The molecule has 0 unspecified atom stereocenters. The molecule has 110 valence electrons. The highest BCUT2D eigenvalue weighted by atomic mass is 16.6. The van der Waals surface area contributed by atoms with Crippen LogP contribution in [0.15, 0.2) is 23.1 Å². The third kappa shape index (κ3) is 2.39. The van der Waals surface area contributed by atoms with Gasteiger partial charge in [0, 0.05) is 42.5 Å². The van der Waals surface area contributed by atoms with Crippen LogP contribution in [0.2, 0.25) is 0 Å². The number of nitro groups is 1. The number of aromatic amines is 2. The number of rotatable bonds is 3. The third-order valence-corrected chi connectivity index (χ3v) is 3.83. The number of nitrogens with one attached hydrogen (secondary N) is 2. The van der Waals surface area contributed by atoms with E-state index < -0.39 is 0 Å². The molecule has 0 radical (unpaired) electrons. The maximum atomic E-state index is 11.2. The Morgan fingerprint density at radius 1 is 1.48 bits per heavy atom. The Hall–Kier alpha value is -2.64. The van der Waals surface area contributed by atoms with Gasteiger partial charge in [0.2, 0.25) is 5.82 Å². The first-order valence-electron chi connectivity index (χ1n) is 6.69. The van der Waals surface area contributed by atoms with Crippen molar-refractivity contribution >= 4 is 11.5 Å². The van der Waals surface area contributed by atoms with Gasteiger partial charge in [0.05, 0.1) is 4.92 Å². The Kier molecular flexibility index (Phi) is 3.20. The molecular formula is C13H15N5O3. The number of aromatic nitrogens is 3. The Morgan fingerprint density at radius 3 is 2.95 bits per heavy atom. The van der Waals surface area contributed by atoms with Crippen molar-refractivity contribution < 1.29 is 4.92 Å². The van der Waals surface area contributed by atoms with Gasteiger partial charge >= 0.3 is 5.69 Å². The van der Waals surface area contributed by atoms with Gasteiger partial charge in [-0.2, -0.15) is 0 Å². The molecule has 3 rings (SSSR count). The zero-order valence-electron chi connectivity index (χ0n) is 11.5. The van der Waals surface area contributed by atoms with Gasteiger partial charge in [-0.3, -0.25) is 20.0 Å². The second-order valence-electron chi connectivity index (χ2n) is 5.20. The molecule has 1 aliphatic rings. The van der Waals surface area contributed by atoms with Crippen LogP contribution >= 0.6 is 0 Å². The fourth-order valence-electron chi connectivity index (χ4n) is 2.77. The molecule has 1 atom stereocenters. The molecule has 2 N–H and O–H groups in total. The lowest BCUT2D eigenvalue weighted by Crippen LogP contribution is -2.22. The Labute approximate surface area is 119 Å². The maximum Gasteiger partial charge on any atom is 0.314 e. The van der Waals surface area contributed by atoms with E-state index in [0.717, 1.165) is 12.1 Å². The van der Waals surface area contributed by atoms with E-state index in [0.29, 0.717) is 24.5 Å². The monoisotopic (exact) mass is 289 g/mol. The minimum Gasteiger partial charge on any atom is -0.350 e. The first-order chi connectivity index (χ1) is 10.1. The average Bonchev–Trinajstić information content (AvgIpc) is 3.06.